The smallest absolute Gasteiger partial charge is 0.128 e. The lowest BCUT2D eigenvalue weighted by Crippen LogP contribution is -1.95. The zero-order valence-electron chi connectivity index (χ0n) is 9.15. The van der Waals surface area contributed by atoms with Crippen LogP contribution in [0.2, 0.25) is 10.2 Å². The van der Waals surface area contributed by atoms with Crippen LogP contribution in [-0.4, -0.2) is 9.55 Å². The summed E-state index contributed by atoms with van der Waals surface area (Å²) in [6, 6.07) is 5.60. The Labute approximate surface area is 114 Å². The van der Waals surface area contributed by atoms with Gasteiger partial charge in [0.1, 0.15) is 11.0 Å². The summed E-state index contributed by atoms with van der Waals surface area (Å²) < 4.78 is 1.85. The number of nitrogens with zero attached hydrogens (tertiary/aromatic N) is 2. The van der Waals surface area contributed by atoms with E-state index >= 15 is 0 Å². The fourth-order valence-corrected chi connectivity index (χ4v) is 2.62. The first-order valence-electron chi connectivity index (χ1n) is 4.92. The van der Waals surface area contributed by atoms with Crippen molar-refractivity contribution in [1.29, 1.82) is 0 Å². The number of rotatable bonds is 3. The third-order valence-corrected chi connectivity index (χ3v) is 4.04. The van der Waals surface area contributed by atoms with E-state index in [-0.39, 0.29) is 0 Å². The molecule has 2 N–H and O–H groups in total. The molecule has 0 aliphatic rings. The van der Waals surface area contributed by atoms with Gasteiger partial charge in [-0.25, -0.2) is 4.98 Å². The first kappa shape index (κ1) is 12.6. The Morgan fingerprint density at radius 1 is 1.41 bits per heavy atom. The van der Waals surface area contributed by atoms with Gasteiger partial charge in [0.2, 0.25) is 0 Å². The second kappa shape index (κ2) is 5.21. The molecular formula is C11H11Cl2N3S. The van der Waals surface area contributed by atoms with Gasteiger partial charge >= 0.3 is 0 Å². The Morgan fingerprint density at radius 2 is 2.18 bits per heavy atom. The molecule has 2 rings (SSSR count). The normalized spacial score (nSPS) is 10.8. The molecule has 1 aromatic carbocycles. The number of imidazole rings is 1. The fraction of sp³-hybridized carbons (Fsp3) is 0.182. The Balaban J connectivity index is 2.07. The summed E-state index contributed by atoms with van der Waals surface area (Å²) in [5.41, 5.74) is 6.24. The monoisotopic (exact) mass is 287 g/mol. The molecule has 0 aliphatic carbocycles. The van der Waals surface area contributed by atoms with Crippen LogP contribution in [-0.2, 0) is 12.8 Å². The molecule has 0 saturated carbocycles. The number of anilines is 1. The minimum absolute atomic E-state index is 0.577. The van der Waals surface area contributed by atoms with Crippen LogP contribution >= 0.6 is 35.0 Å². The molecule has 0 bridgehead atoms. The lowest BCUT2D eigenvalue weighted by atomic mass is 10.3. The molecule has 90 valence electrons. The molecule has 0 amide bonds. The van der Waals surface area contributed by atoms with Crippen LogP contribution < -0.4 is 5.73 Å². The summed E-state index contributed by atoms with van der Waals surface area (Å²) in [6.45, 7) is 0. The highest BCUT2D eigenvalue weighted by Gasteiger charge is 2.06. The second-order valence-corrected chi connectivity index (χ2v) is 5.37. The highest BCUT2D eigenvalue weighted by molar-refractivity contribution is 7.98. The van der Waals surface area contributed by atoms with Gasteiger partial charge in [-0.05, 0) is 18.2 Å². The molecule has 2 aromatic rings. The van der Waals surface area contributed by atoms with Gasteiger partial charge in [-0.15, -0.1) is 11.8 Å². The molecule has 17 heavy (non-hydrogen) atoms. The number of thioether (sulfide) groups is 1. The molecule has 0 fully saturated rings. The number of hydrogen-bond acceptors (Lipinski definition) is 3. The third kappa shape index (κ3) is 2.89. The van der Waals surface area contributed by atoms with Crippen molar-refractivity contribution >= 4 is 40.7 Å². The molecule has 0 spiro atoms. The van der Waals surface area contributed by atoms with E-state index in [1.165, 1.54) is 0 Å². The predicted octanol–water partition coefficient (Wildman–Crippen LogP) is 3.60. The van der Waals surface area contributed by atoms with E-state index < -0.39 is 0 Å². The predicted molar refractivity (Wildman–Crippen MR) is 73.6 cm³/mol. The summed E-state index contributed by atoms with van der Waals surface area (Å²) in [5.74, 6) is 1.66. The van der Waals surface area contributed by atoms with Gasteiger partial charge in [-0.1, -0.05) is 23.2 Å². The van der Waals surface area contributed by atoms with Gasteiger partial charge in [0.25, 0.3) is 0 Å². The zero-order chi connectivity index (χ0) is 12.4. The zero-order valence-corrected chi connectivity index (χ0v) is 11.5. The van der Waals surface area contributed by atoms with Crippen molar-refractivity contribution in [3.8, 4) is 0 Å². The first-order chi connectivity index (χ1) is 8.08. The average molecular weight is 288 g/mol. The molecule has 1 aromatic heterocycles. The number of halogens is 2. The lowest BCUT2D eigenvalue weighted by molar-refractivity contribution is 0.850. The lowest BCUT2D eigenvalue weighted by Gasteiger charge is -2.04. The van der Waals surface area contributed by atoms with Crippen LogP contribution in [0.5, 0.6) is 0 Å². The van der Waals surface area contributed by atoms with Crippen molar-refractivity contribution in [3.63, 3.8) is 0 Å². The van der Waals surface area contributed by atoms with Crippen molar-refractivity contribution in [3.05, 3.63) is 40.4 Å². The van der Waals surface area contributed by atoms with Gasteiger partial charge in [-0.2, -0.15) is 0 Å². The largest absolute Gasteiger partial charge is 0.398 e. The maximum atomic E-state index is 5.95. The second-order valence-electron chi connectivity index (χ2n) is 3.53. The summed E-state index contributed by atoms with van der Waals surface area (Å²) in [7, 11) is 1.89. The summed E-state index contributed by atoms with van der Waals surface area (Å²) >= 11 is 13.5. The quantitative estimate of drug-likeness (QED) is 0.693. The van der Waals surface area contributed by atoms with E-state index in [0.29, 0.717) is 15.9 Å². The van der Waals surface area contributed by atoms with Crippen molar-refractivity contribution in [2.24, 2.45) is 7.05 Å². The number of hydrogen-bond donors (Lipinski definition) is 1. The van der Waals surface area contributed by atoms with Crippen LogP contribution in [0.15, 0.2) is 29.3 Å². The highest BCUT2D eigenvalue weighted by atomic mass is 35.5. The van der Waals surface area contributed by atoms with E-state index in [9.17, 15) is 0 Å². The van der Waals surface area contributed by atoms with Gasteiger partial charge in [-0.3, -0.25) is 0 Å². The van der Waals surface area contributed by atoms with Gasteiger partial charge in [0.05, 0.1) is 22.7 Å². The van der Waals surface area contributed by atoms with Gasteiger partial charge in [0, 0.05) is 11.9 Å². The summed E-state index contributed by atoms with van der Waals surface area (Å²) in [5, 5.41) is 1.21. The highest BCUT2D eigenvalue weighted by Crippen LogP contribution is 2.28. The standard InChI is InChI=1S/C11H11Cl2N3S/c1-16-10(13)5-15-11(16)6-17-7-2-3-9(14)8(12)4-7/h2-5H,6,14H2,1H3. The number of aromatic nitrogens is 2. The molecule has 1 heterocycles. The van der Waals surface area contributed by atoms with E-state index in [1.54, 1.807) is 24.0 Å². The van der Waals surface area contributed by atoms with Crippen molar-refractivity contribution < 1.29 is 0 Å². The van der Waals surface area contributed by atoms with Crippen LogP contribution in [0, 0.1) is 0 Å². The molecule has 0 aliphatic heterocycles. The first-order valence-corrected chi connectivity index (χ1v) is 6.66. The van der Waals surface area contributed by atoms with Crippen LogP contribution in [0.25, 0.3) is 0 Å². The Morgan fingerprint density at radius 3 is 2.76 bits per heavy atom. The van der Waals surface area contributed by atoms with Crippen molar-refractivity contribution in [2.45, 2.75) is 10.6 Å². The minimum atomic E-state index is 0.577. The number of benzene rings is 1. The van der Waals surface area contributed by atoms with Crippen LogP contribution in [0.1, 0.15) is 5.82 Å². The number of nitrogens with two attached hydrogens (primary N) is 1. The van der Waals surface area contributed by atoms with E-state index in [2.05, 4.69) is 4.98 Å². The SMILES string of the molecule is Cn1c(Cl)cnc1CSc1ccc(N)c(Cl)c1. The van der Waals surface area contributed by atoms with Crippen LogP contribution in [0.3, 0.4) is 0 Å². The molecule has 0 atom stereocenters. The molecular weight excluding hydrogens is 277 g/mol. The van der Waals surface area contributed by atoms with E-state index in [0.717, 1.165) is 16.5 Å². The van der Waals surface area contributed by atoms with Gasteiger partial charge in [0.15, 0.2) is 0 Å². The number of nitrogen functional groups attached to an aromatic ring is 1. The molecule has 6 heteroatoms. The molecule has 0 radical (unpaired) electrons. The van der Waals surface area contributed by atoms with Crippen LogP contribution in [0.4, 0.5) is 5.69 Å². The molecule has 0 saturated heterocycles. The molecule has 0 unspecified atom stereocenters. The third-order valence-electron chi connectivity index (χ3n) is 2.37. The Bertz CT molecular complexity index is 540. The average Bonchev–Trinajstić information content (AvgIpc) is 2.62. The Hall–Kier alpha value is -0.840. The minimum Gasteiger partial charge on any atom is -0.398 e. The topological polar surface area (TPSA) is 43.8 Å². The summed E-state index contributed by atoms with van der Waals surface area (Å²) in [6.07, 6.45) is 1.65. The van der Waals surface area contributed by atoms with Gasteiger partial charge < -0.3 is 10.3 Å². The fourth-order valence-electron chi connectivity index (χ4n) is 1.30. The van der Waals surface area contributed by atoms with Crippen molar-refractivity contribution in [2.75, 3.05) is 5.73 Å². The summed E-state index contributed by atoms with van der Waals surface area (Å²) in [4.78, 5) is 5.28. The van der Waals surface area contributed by atoms with E-state index in [4.69, 9.17) is 28.9 Å². The van der Waals surface area contributed by atoms with Crippen molar-refractivity contribution in [1.82, 2.24) is 9.55 Å². The van der Waals surface area contributed by atoms with E-state index in [1.807, 2.05) is 23.7 Å². The maximum Gasteiger partial charge on any atom is 0.128 e. The Kier molecular flexibility index (Phi) is 3.86. The molecule has 3 nitrogen and oxygen atoms in total. The maximum absolute atomic E-state index is 5.95.